The van der Waals surface area contributed by atoms with Gasteiger partial charge < -0.3 is 9.47 Å². The van der Waals surface area contributed by atoms with Crippen LogP contribution in [-0.2, 0) is 13.1 Å². The number of nitrogens with zero attached hydrogens (tertiary/aromatic N) is 2. The number of methoxy groups -OCH3 is 1. The first-order chi connectivity index (χ1) is 16.1. The second-order valence-corrected chi connectivity index (χ2v) is 8.63. The fraction of sp³-hybridized carbons (Fsp3) is 0.333. The first-order valence-corrected chi connectivity index (χ1v) is 11.7. The van der Waals surface area contributed by atoms with Crippen molar-refractivity contribution in [1.29, 1.82) is 0 Å². The summed E-state index contributed by atoms with van der Waals surface area (Å²) in [7, 11) is 1.71. The van der Waals surface area contributed by atoms with Gasteiger partial charge in [0, 0.05) is 36.8 Å². The van der Waals surface area contributed by atoms with Gasteiger partial charge in [-0.25, -0.2) is 4.39 Å². The van der Waals surface area contributed by atoms with Crippen molar-refractivity contribution >= 4 is 11.6 Å². The van der Waals surface area contributed by atoms with Crippen molar-refractivity contribution < 1.29 is 13.9 Å². The molecule has 1 fully saturated rings. The van der Waals surface area contributed by atoms with Crippen LogP contribution in [0.2, 0.25) is 5.02 Å². The molecule has 1 atom stereocenters. The van der Waals surface area contributed by atoms with E-state index in [9.17, 15) is 4.39 Å². The van der Waals surface area contributed by atoms with E-state index in [1.807, 2.05) is 37.3 Å². The van der Waals surface area contributed by atoms with Gasteiger partial charge in [0.1, 0.15) is 17.3 Å². The maximum absolute atomic E-state index is 13.6. The second kappa shape index (κ2) is 11.0. The van der Waals surface area contributed by atoms with Crippen molar-refractivity contribution in [3.05, 3.63) is 94.3 Å². The van der Waals surface area contributed by atoms with Gasteiger partial charge in [-0.1, -0.05) is 48.0 Å². The third-order valence-corrected chi connectivity index (χ3v) is 6.36. The van der Waals surface area contributed by atoms with Crippen molar-refractivity contribution in [2.45, 2.75) is 32.6 Å². The van der Waals surface area contributed by atoms with Gasteiger partial charge in [-0.3, -0.25) is 9.80 Å². The van der Waals surface area contributed by atoms with E-state index >= 15 is 0 Å². The van der Waals surface area contributed by atoms with Gasteiger partial charge in [0.25, 0.3) is 0 Å². The molecule has 0 N–H and O–H groups in total. The first kappa shape index (κ1) is 23.6. The summed E-state index contributed by atoms with van der Waals surface area (Å²) in [6.45, 7) is 5.94. The van der Waals surface area contributed by atoms with E-state index in [1.165, 1.54) is 17.7 Å². The highest BCUT2D eigenvalue weighted by molar-refractivity contribution is 6.31. The molecule has 1 heterocycles. The molecule has 3 aromatic carbocycles. The summed E-state index contributed by atoms with van der Waals surface area (Å²) in [5.74, 6) is 1.42. The molecule has 1 aliphatic heterocycles. The molecule has 0 amide bonds. The molecule has 1 aliphatic rings. The number of rotatable bonds is 8. The Labute approximate surface area is 200 Å². The average molecular weight is 469 g/mol. The molecule has 0 saturated carbocycles. The molecule has 1 saturated heterocycles. The van der Waals surface area contributed by atoms with Gasteiger partial charge in [-0.2, -0.15) is 0 Å². The second-order valence-electron chi connectivity index (χ2n) is 8.22. The molecule has 4 nitrogen and oxygen atoms in total. The first-order valence-electron chi connectivity index (χ1n) is 11.4. The summed E-state index contributed by atoms with van der Waals surface area (Å²) in [6, 6.07) is 21.1. The Morgan fingerprint density at radius 1 is 0.970 bits per heavy atom. The maximum Gasteiger partial charge on any atom is 0.124 e. The molecule has 174 valence electrons. The van der Waals surface area contributed by atoms with Gasteiger partial charge in [-0.15, -0.1) is 0 Å². The smallest absolute Gasteiger partial charge is 0.124 e. The van der Waals surface area contributed by atoms with Crippen molar-refractivity contribution in [2.24, 2.45) is 0 Å². The highest BCUT2D eigenvalue weighted by Gasteiger charge is 2.33. The normalized spacial score (nSPS) is 17.2. The predicted molar refractivity (Wildman–Crippen MR) is 130 cm³/mol. The molecular formula is C27H30ClFN2O2. The zero-order valence-electron chi connectivity index (χ0n) is 19.1. The van der Waals surface area contributed by atoms with Crippen LogP contribution in [-0.4, -0.2) is 36.6 Å². The summed E-state index contributed by atoms with van der Waals surface area (Å²) < 4.78 is 24.9. The SMILES string of the molecule is CCOc1ccc(CN2CCCN(Cc3ccc(F)cc3Cl)[C@@H]2c2ccccc2OC)cc1. The zero-order valence-corrected chi connectivity index (χ0v) is 19.9. The largest absolute Gasteiger partial charge is 0.496 e. The fourth-order valence-corrected chi connectivity index (χ4v) is 4.74. The van der Waals surface area contributed by atoms with E-state index in [2.05, 4.69) is 28.0 Å². The molecule has 6 heteroatoms. The summed E-state index contributed by atoms with van der Waals surface area (Å²) in [4.78, 5) is 4.86. The predicted octanol–water partition coefficient (Wildman–Crippen LogP) is 6.29. The Morgan fingerprint density at radius 3 is 2.39 bits per heavy atom. The number of halogens is 2. The lowest BCUT2D eigenvalue weighted by Crippen LogP contribution is -2.47. The number of benzene rings is 3. The highest BCUT2D eigenvalue weighted by atomic mass is 35.5. The molecule has 0 spiro atoms. The van der Waals surface area contributed by atoms with Gasteiger partial charge in [0.05, 0.1) is 19.9 Å². The lowest BCUT2D eigenvalue weighted by atomic mass is 10.0. The summed E-state index contributed by atoms with van der Waals surface area (Å²) in [5.41, 5.74) is 3.25. The third-order valence-electron chi connectivity index (χ3n) is 6.01. The Bertz CT molecular complexity index is 1060. The van der Waals surface area contributed by atoms with E-state index in [0.29, 0.717) is 18.2 Å². The fourth-order valence-electron chi connectivity index (χ4n) is 4.52. The van der Waals surface area contributed by atoms with Crippen molar-refractivity contribution in [2.75, 3.05) is 26.8 Å². The van der Waals surface area contributed by atoms with Crippen LogP contribution in [0, 0.1) is 5.82 Å². The Morgan fingerprint density at radius 2 is 1.70 bits per heavy atom. The van der Waals surface area contributed by atoms with E-state index in [4.69, 9.17) is 21.1 Å². The molecule has 33 heavy (non-hydrogen) atoms. The van der Waals surface area contributed by atoms with Crippen molar-refractivity contribution in [1.82, 2.24) is 9.80 Å². The number of hydrogen-bond donors (Lipinski definition) is 0. The van der Waals surface area contributed by atoms with Crippen LogP contribution in [0.1, 0.15) is 36.2 Å². The van der Waals surface area contributed by atoms with E-state index in [-0.39, 0.29) is 12.0 Å². The molecule has 0 aromatic heterocycles. The quantitative estimate of drug-likeness (QED) is 0.387. The van der Waals surface area contributed by atoms with Crippen LogP contribution in [0.15, 0.2) is 66.7 Å². The monoisotopic (exact) mass is 468 g/mol. The summed E-state index contributed by atoms with van der Waals surface area (Å²) in [6.07, 6.45) is 1.03. The average Bonchev–Trinajstić information content (AvgIpc) is 2.82. The standard InChI is InChI=1S/C27H30ClFN2O2/c1-3-33-23-13-9-20(10-14-23)18-30-15-6-16-31(19-21-11-12-22(29)17-25(21)28)27(30)24-7-4-5-8-26(24)32-2/h4-5,7-14,17,27H,3,6,15-16,18-19H2,1-2H3/t27-/m1/s1. The molecule has 0 radical (unpaired) electrons. The molecule has 0 unspecified atom stereocenters. The van der Waals surface area contributed by atoms with Gasteiger partial charge >= 0.3 is 0 Å². The van der Waals surface area contributed by atoms with Gasteiger partial charge in [-0.05, 0) is 54.8 Å². The zero-order chi connectivity index (χ0) is 23.2. The molecule has 0 aliphatic carbocycles. The summed E-state index contributed by atoms with van der Waals surface area (Å²) >= 11 is 6.39. The van der Waals surface area contributed by atoms with Crippen LogP contribution >= 0.6 is 11.6 Å². The van der Waals surface area contributed by atoms with E-state index in [0.717, 1.165) is 48.7 Å². The van der Waals surface area contributed by atoms with Gasteiger partial charge in [0.15, 0.2) is 0 Å². The maximum atomic E-state index is 13.6. The number of hydrogen-bond acceptors (Lipinski definition) is 4. The minimum absolute atomic E-state index is 0.00240. The Kier molecular flexibility index (Phi) is 7.86. The number of para-hydroxylation sites is 1. The van der Waals surface area contributed by atoms with Crippen LogP contribution in [0.25, 0.3) is 0 Å². The van der Waals surface area contributed by atoms with Gasteiger partial charge in [0.2, 0.25) is 0 Å². The molecule has 4 rings (SSSR count). The lowest BCUT2D eigenvalue weighted by molar-refractivity contribution is -0.0103. The number of ether oxygens (including phenoxy) is 2. The topological polar surface area (TPSA) is 24.9 Å². The molecule has 0 bridgehead atoms. The molecule has 3 aromatic rings. The van der Waals surface area contributed by atoms with Crippen LogP contribution in [0.4, 0.5) is 4.39 Å². The lowest BCUT2D eigenvalue weighted by Gasteiger charge is -2.44. The minimum atomic E-state index is -0.319. The van der Waals surface area contributed by atoms with Crippen molar-refractivity contribution in [3.8, 4) is 11.5 Å². The molecular weight excluding hydrogens is 439 g/mol. The van der Waals surface area contributed by atoms with E-state index in [1.54, 1.807) is 13.2 Å². The third kappa shape index (κ3) is 5.67. The Hall–Kier alpha value is -2.60. The van der Waals surface area contributed by atoms with Crippen LogP contribution in [0.3, 0.4) is 0 Å². The van der Waals surface area contributed by atoms with Crippen molar-refractivity contribution in [3.63, 3.8) is 0 Å². The highest BCUT2D eigenvalue weighted by Crippen LogP contribution is 2.37. The van der Waals surface area contributed by atoms with E-state index < -0.39 is 0 Å². The van der Waals surface area contributed by atoms with Crippen LogP contribution < -0.4 is 9.47 Å². The van der Waals surface area contributed by atoms with Crippen LogP contribution in [0.5, 0.6) is 11.5 Å². The minimum Gasteiger partial charge on any atom is -0.496 e. The summed E-state index contributed by atoms with van der Waals surface area (Å²) in [5, 5.41) is 0.456. The Balaban J connectivity index is 1.65.